The molecule has 1 nitrogen and oxygen atoms in total. The minimum absolute atomic E-state index is 0.108. The topological polar surface area (TPSA) is 9.23 Å². The molecule has 1 unspecified atom stereocenters. The van der Waals surface area contributed by atoms with Crippen LogP contribution in [0.4, 0.5) is 0 Å². The van der Waals surface area contributed by atoms with Gasteiger partial charge in [0.2, 0.25) is 0 Å². The predicted molar refractivity (Wildman–Crippen MR) is 111 cm³/mol. The molecule has 3 aromatic carbocycles. The number of hydrogen-bond acceptors (Lipinski definition) is 1. The van der Waals surface area contributed by atoms with E-state index in [0.29, 0.717) is 29.9 Å². The van der Waals surface area contributed by atoms with E-state index in [1.54, 1.807) is 0 Å². The van der Waals surface area contributed by atoms with Crippen LogP contribution in [0.5, 0.6) is 0 Å². The third-order valence-corrected chi connectivity index (χ3v) is 9.67. The van der Waals surface area contributed by atoms with Crippen molar-refractivity contribution in [2.45, 2.75) is 13.0 Å². The number of ether oxygens (including phenoxy) is 1. The third-order valence-electron chi connectivity index (χ3n) is 4.23. The van der Waals surface area contributed by atoms with Crippen LogP contribution in [-0.4, -0.2) is 36.5 Å². The Labute approximate surface area is 167 Å². The van der Waals surface area contributed by atoms with Crippen molar-refractivity contribution in [3.8, 4) is 0 Å². The van der Waals surface area contributed by atoms with Crippen LogP contribution in [0.3, 0.4) is 0 Å². The van der Waals surface area contributed by atoms with Gasteiger partial charge in [0.25, 0.3) is 0 Å². The summed E-state index contributed by atoms with van der Waals surface area (Å²) < 4.78 is 12.2. The Morgan fingerprint density at radius 2 is 1.31 bits per heavy atom. The van der Waals surface area contributed by atoms with Gasteiger partial charge in [0.1, 0.15) is 0 Å². The quantitative estimate of drug-likeness (QED) is 0.520. The predicted octanol–water partition coefficient (Wildman–Crippen LogP) is 3.34. The van der Waals surface area contributed by atoms with E-state index < -0.39 is 0 Å². The maximum absolute atomic E-state index is 6.31. The molecular weight excluding hydrogens is 450 g/mol. The van der Waals surface area contributed by atoms with E-state index in [1.807, 2.05) is 0 Å². The second kappa shape index (κ2) is 8.39. The number of hydrogen-bond donors (Lipinski definition) is 0. The Morgan fingerprint density at radius 3 is 1.92 bits per heavy atom. The molecule has 0 saturated carbocycles. The third kappa shape index (κ3) is 4.20. The van der Waals surface area contributed by atoms with Gasteiger partial charge in [-0.15, -0.1) is 0 Å². The zero-order chi connectivity index (χ0) is 17.8. The summed E-state index contributed by atoms with van der Waals surface area (Å²) in [6, 6.07) is 30.5. The van der Waals surface area contributed by atoms with Gasteiger partial charge in [-0.1, -0.05) is 0 Å². The molecule has 1 atom stereocenters. The van der Waals surface area contributed by atoms with Crippen molar-refractivity contribution in [1.29, 1.82) is 0 Å². The van der Waals surface area contributed by atoms with E-state index in [4.69, 9.17) is 4.74 Å². The van der Waals surface area contributed by atoms with Gasteiger partial charge in [-0.05, 0) is 0 Å². The molecule has 3 heteroatoms. The van der Waals surface area contributed by atoms with Crippen LogP contribution in [0.25, 0.3) is 0 Å². The van der Waals surface area contributed by atoms with Crippen molar-refractivity contribution in [1.82, 2.24) is 0 Å². The summed E-state index contributed by atoms with van der Waals surface area (Å²) in [5.74, 6) is 0. The van der Waals surface area contributed by atoms with Crippen molar-refractivity contribution < 1.29 is 4.74 Å². The fourth-order valence-electron chi connectivity index (χ4n) is 2.88. The van der Waals surface area contributed by atoms with E-state index in [2.05, 4.69) is 91.9 Å². The van der Waals surface area contributed by atoms with E-state index in [1.165, 1.54) is 29.0 Å². The second-order valence-electron chi connectivity index (χ2n) is 6.22. The minimum atomic E-state index is 0.108. The van der Waals surface area contributed by atoms with Crippen LogP contribution >= 0.6 is 0 Å². The Balaban J connectivity index is 1.68. The molecule has 3 aromatic rings. The number of aryl methyl sites for hydroxylation is 1. The van der Waals surface area contributed by atoms with Gasteiger partial charge >= 0.3 is 168 Å². The fourth-order valence-corrected chi connectivity index (χ4v) is 7.86. The first kappa shape index (κ1) is 17.8. The van der Waals surface area contributed by atoms with Crippen molar-refractivity contribution in [3.63, 3.8) is 0 Å². The molecule has 0 aliphatic carbocycles. The Morgan fingerprint density at radius 1 is 0.731 bits per heavy atom. The van der Waals surface area contributed by atoms with E-state index >= 15 is 0 Å². The van der Waals surface area contributed by atoms with Gasteiger partial charge in [0.15, 0.2) is 0 Å². The molecule has 0 N–H and O–H groups in total. The summed E-state index contributed by atoms with van der Waals surface area (Å²) in [6.45, 7) is 2.89. The van der Waals surface area contributed by atoms with Crippen molar-refractivity contribution in [3.05, 3.63) is 105 Å². The maximum atomic E-state index is 6.31. The van der Waals surface area contributed by atoms with Crippen LogP contribution in [0, 0.1) is 6.92 Å². The van der Waals surface area contributed by atoms with E-state index in [0.717, 1.165) is 6.61 Å². The normalized spacial score (nSPS) is 16.9. The first-order chi connectivity index (χ1) is 12.8. The molecule has 1 heterocycles. The van der Waals surface area contributed by atoms with Gasteiger partial charge in [0, 0.05) is 0 Å². The van der Waals surface area contributed by atoms with Gasteiger partial charge in [0.05, 0.1) is 0 Å². The molecule has 0 saturated heterocycles. The Bertz CT molecular complexity index is 887. The molecule has 26 heavy (non-hydrogen) atoms. The number of rotatable bonds is 5. The summed E-state index contributed by atoms with van der Waals surface area (Å²) in [5.41, 5.74) is 2.57. The summed E-state index contributed by atoms with van der Waals surface area (Å²) in [4.78, 5) is 0. The summed E-state index contributed by atoms with van der Waals surface area (Å²) in [7, 11) is 0. The van der Waals surface area contributed by atoms with Gasteiger partial charge < -0.3 is 0 Å². The van der Waals surface area contributed by atoms with Crippen LogP contribution in [0.1, 0.15) is 17.2 Å². The summed E-state index contributed by atoms with van der Waals surface area (Å²) in [6.07, 6.45) is 0.108. The van der Waals surface area contributed by atoms with Gasteiger partial charge in [-0.3, -0.25) is 0 Å². The second-order valence-corrected chi connectivity index (χ2v) is 11.0. The van der Waals surface area contributed by atoms with E-state index in [9.17, 15) is 0 Å². The van der Waals surface area contributed by atoms with Crippen molar-refractivity contribution in [2.24, 2.45) is 0 Å². The van der Waals surface area contributed by atoms with Gasteiger partial charge in [-0.2, -0.15) is 0 Å². The average Bonchev–Trinajstić information content (AvgIpc) is 3.06. The molecule has 0 amide bonds. The molecule has 1 aliphatic rings. The molecular formula is C23H20OSe2. The molecule has 130 valence electrons. The molecule has 4 rings (SSSR count). The van der Waals surface area contributed by atoms with Crippen LogP contribution < -0.4 is 8.92 Å². The van der Waals surface area contributed by atoms with Crippen LogP contribution in [-0.2, 0) is 4.74 Å². The summed E-state index contributed by atoms with van der Waals surface area (Å²) >= 11 is 0.617. The Hall–Kier alpha value is -1.60. The zero-order valence-electron chi connectivity index (χ0n) is 14.6. The fraction of sp³-hybridized carbons (Fsp3) is 0.130. The molecule has 1 aliphatic heterocycles. The standard InChI is InChI=1S/C23H20OSe2/c1-17-12-14-18(15-13-17)22-23(26-20-10-6-3-7-11-20)21(16-24-22)25-19-8-4-2-5-9-19/h2-15,22H,16H2,1H3. The molecule has 0 aromatic heterocycles. The zero-order valence-corrected chi connectivity index (χ0v) is 18.0. The van der Waals surface area contributed by atoms with Gasteiger partial charge in [-0.25, -0.2) is 0 Å². The molecule has 0 fully saturated rings. The van der Waals surface area contributed by atoms with E-state index in [-0.39, 0.29) is 6.10 Å². The molecule has 0 bridgehead atoms. The first-order valence-corrected chi connectivity index (χ1v) is 12.1. The average molecular weight is 470 g/mol. The van der Waals surface area contributed by atoms with Crippen molar-refractivity contribution >= 4 is 38.8 Å². The molecule has 0 radical (unpaired) electrons. The van der Waals surface area contributed by atoms with Crippen LogP contribution in [0.15, 0.2) is 93.9 Å². The van der Waals surface area contributed by atoms with Crippen LogP contribution in [0.2, 0.25) is 0 Å². The first-order valence-electron chi connectivity index (χ1n) is 8.66. The number of benzene rings is 3. The SMILES string of the molecule is Cc1ccc(C2OCC([Se]c3ccccc3)=C2[Se]c2ccccc2)cc1. The van der Waals surface area contributed by atoms with Crippen molar-refractivity contribution in [2.75, 3.05) is 6.61 Å². The Kier molecular flexibility index (Phi) is 5.74. The monoisotopic (exact) mass is 472 g/mol. The summed E-state index contributed by atoms with van der Waals surface area (Å²) in [5, 5.41) is 0. The molecule has 0 spiro atoms.